The zero-order valence-corrected chi connectivity index (χ0v) is 11.6. The summed E-state index contributed by atoms with van der Waals surface area (Å²) >= 11 is 0. The summed E-state index contributed by atoms with van der Waals surface area (Å²) in [5.74, 6) is -0.0229. The van der Waals surface area contributed by atoms with Crippen molar-refractivity contribution < 1.29 is 14.7 Å². The molecule has 4 heteroatoms. The zero-order chi connectivity index (χ0) is 15.4. The van der Waals surface area contributed by atoms with Gasteiger partial charge in [-0.05, 0) is 34.5 Å². The number of rotatable bonds is 3. The van der Waals surface area contributed by atoms with Crippen LogP contribution in [0.25, 0.3) is 10.8 Å². The summed E-state index contributed by atoms with van der Waals surface area (Å²) < 4.78 is 5.41. The first-order chi connectivity index (χ1) is 10.8. The topological polar surface area (TPSA) is 58.9 Å². The van der Waals surface area contributed by atoms with E-state index in [4.69, 9.17) is 9.94 Å². The van der Waals surface area contributed by atoms with Gasteiger partial charge in [0.25, 0.3) is 0 Å². The standard InChI is InChI=1S/C18H13NO3/c20-18(22-15-8-3-5-13(11-15)12-19-21)17-10-4-7-14-6-1-2-9-16(14)17/h1-12,21H/b19-12+. The lowest BCUT2D eigenvalue weighted by Gasteiger charge is -2.07. The molecular formula is C18H13NO3. The van der Waals surface area contributed by atoms with Crippen molar-refractivity contribution in [2.45, 2.75) is 0 Å². The molecule has 4 nitrogen and oxygen atoms in total. The van der Waals surface area contributed by atoms with Crippen LogP contribution >= 0.6 is 0 Å². The van der Waals surface area contributed by atoms with Gasteiger partial charge in [-0.2, -0.15) is 0 Å². The molecule has 3 aromatic rings. The van der Waals surface area contributed by atoms with Gasteiger partial charge >= 0.3 is 5.97 Å². The molecule has 108 valence electrons. The average molecular weight is 291 g/mol. The third-order valence-electron chi connectivity index (χ3n) is 3.28. The molecule has 0 spiro atoms. The van der Waals surface area contributed by atoms with Gasteiger partial charge in [-0.1, -0.05) is 53.7 Å². The normalized spacial score (nSPS) is 10.9. The van der Waals surface area contributed by atoms with E-state index in [1.54, 1.807) is 30.3 Å². The molecular weight excluding hydrogens is 278 g/mol. The van der Waals surface area contributed by atoms with Crippen molar-refractivity contribution in [3.63, 3.8) is 0 Å². The van der Waals surface area contributed by atoms with Crippen LogP contribution in [-0.2, 0) is 0 Å². The number of ether oxygens (including phenoxy) is 1. The summed E-state index contributed by atoms with van der Waals surface area (Å²) in [5.41, 5.74) is 1.16. The van der Waals surface area contributed by atoms with Gasteiger partial charge in [0.2, 0.25) is 0 Å². The molecule has 1 N–H and O–H groups in total. The van der Waals surface area contributed by atoms with E-state index in [9.17, 15) is 4.79 Å². The number of carbonyl (C=O) groups is 1. The van der Waals surface area contributed by atoms with Crippen molar-refractivity contribution in [2.24, 2.45) is 5.16 Å². The van der Waals surface area contributed by atoms with Crippen LogP contribution in [0.3, 0.4) is 0 Å². The van der Waals surface area contributed by atoms with E-state index in [1.807, 2.05) is 36.4 Å². The molecule has 3 rings (SSSR count). The van der Waals surface area contributed by atoms with Crippen molar-refractivity contribution in [1.82, 2.24) is 0 Å². The monoisotopic (exact) mass is 291 g/mol. The van der Waals surface area contributed by atoms with Gasteiger partial charge in [-0.25, -0.2) is 4.79 Å². The summed E-state index contributed by atoms with van der Waals surface area (Å²) in [7, 11) is 0. The second-order valence-corrected chi connectivity index (χ2v) is 4.73. The smallest absolute Gasteiger partial charge is 0.344 e. The Kier molecular flexibility index (Phi) is 3.83. The lowest BCUT2D eigenvalue weighted by Crippen LogP contribution is -2.09. The molecule has 0 radical (unpaired) electrons. The molecule has 0 aromatic heterocycles. The Morgan fingerprint density at radius 2 is 1.77 bits per heavy atom. The molecule has 0 atom stereocenters. The second kappa shape index (κ2) is 6.10. The minimum absolute atomic E-state index is 0.398. The molecule has 0 fully saturated rings. The Morgan fingerprint density at radius 1 is 1.00 bits per heavy atom. The molecule has 0 aliphatic heterocycles. The van der Waals surface area contributed by atoms with E-state index in [0.29, 0.717) is 16.9 Å². The number of nitrogens with zero attached hydrogens (tertiary/aromatic N) is 1. The highest BCUT2D eigenvalue weighted by atomic mass is 16.5. The Morgan fingerprint density at radius 3 is 2.64 bits per heavy atom. The number of esters is 1. The first kappa shape index (κ1) is 13.8. The highest BCUT2D eigenvalue weighted by molar-refractivity contribution is 6.05. The van der Waals surface area contributed by atoms with Crippen molar-refractivity contribution >= 4 is 23.0 Å². The van der Waals surface area contributed by atoms with Gasteiger partial charge in [-0.3, -0.25) is 0 Å². The van der Waals surface area contributed by atoms with E-state index in [-0.39, 0.29) is 0 Å². The summed E-state index contributed by atoms with van der Waals surface area (Å²) in [5, 5.41) is 13.3. The first-order valence-corrected chi connectivity index (χ1v) is 6.75. The number of carbonyl (C=O) groups excluding carboxylic acids is 1. The predicted octanol–water partition coefficient (Wildman–Crippen LogP) is 3.87. The van der Waals surface area contributed by atoms with Gasteiger partial charge in [-0.15, -0.1) is 0 Å². The summed E-state index contributed by atoms with van der Waals surface area (Å²) in [6, 6.07) is 19.9. The Labute approximate surface area is 127 Å². The van der Waals surface area contributed by atoms with Crippen LogP contribution in [0.15, 0.2) is 71.9 Å². The molecule has 3 aromatic carbocycles. The maximum absolute atomic E-state index is 12.4. The van der Waals surface area contributed by atoms with Gasteiger partial charge in [0.15, 0.2) is 0 Å². The fourth-order valence-electron chi connectivity index (χ4n) is 2.29. The molecule has 0 saturated carbocycles. The number of oxime groups is 1. The third kappa shape index (κ3) is 2.81. The highest BCUT2D eigenvalue weighted by Gasteiger charge is 2.12. The van der Waals surface area contributed by atoms with Gasteiger partial charge < -0.3 is 9.94 Å². The number of hydrogen-bond donors (Lipinski definition) is 1. The van der Waals surface area contributed by atoms with E-state index in [1.165, 1.54) is 6.21 Å². The SMILES string of the molecule is O=C(Oc1cccc(/C=N/O)c1)c1cccc2ccccc12. The quantitative estimate of drug-likeness (QED) is 0.262. The molecule has 0 unspecified atom stereocenters. The van der Waals surface area contributed by atoms with E-state index >= 15 is 0 Å². The first-order valence-electron chi connectivity index (χ1n) is 6.75. The molecule has 0 saturated heterocycles. The molecule has 0 amide bonds. The van der Waals surface area contributed by atoms with Crippen LogP contribution < -0.4 is 4.74 Å². The lowest BCUT2D eigenvalue weighted by atomic mass is 10.0. The zero-order valence-electron chi connectivity index (χ0n) is 11.6. The van der Waals surface area contributed by atoms with Crippen molar-refractivity contribution in [1.29, 1.82) is 0 Å². The predicted molar refractivity (Wildman–Crippen MR) is 84.7 cm³/mol. The van der Waals surface area contributed by atoms with Crippen LogP contribution in [0.1, 0.15) is 15.9 Å². The number of hydrogen-bond acceptors (Lipinski definition) is 4. The maximum atomic E-state index is 12.4. The van der Waals surface area contributed by atoms with Gasteiger partial charge in [0.05, 0.1) is 11.8 Å². The molecule has 0 heterocycles. The van der Waals surface area contributed by atoms with E-state index < -0.39 is 5.97 Å². The minimum Gasteiger partial charge on any atom is -0.423 e. The molecule has 0 aliphatic carbocycles. The van der Waals surface area contributed by atoms with Gasteiger partial charge in [0, 0.05) is 0 Å². The Hall–Kier alpha value is -3.14. The fraction of sp³-hybridized carbons (Fsp3) is 0. The minimum atomic E-state index is -0.421. The van der Waals surface area contributed by atoms with E-state index in [0.717, 1.165) is 10.8 Å². The number of benzene rings is 3. The Balaban J connectivity index is 1.92. The average Bonchev–Trinajstić information content (AvgIpc) is 2.55. The second-order valence-electron chi connectivity index (χ2n) is 4.73. The van der Waals surface area contributed by atoms with Crippen LogP contribution in [0.5, 0.6) is 5.75 Å². The maximum Gasteiger partial charge on any atom is 0.344 e. The number of fused-ring (bicyclic) bond motifs is 1. The van der Waals surface area contributed by atoms with E-state index in [2.05, 4.69) is 5.16 Å². The van der Waals surface area contributed by atoms with Crippen molar-refractivity contribution in [3.05, 3.63) is 77.9 Å². The highest BCUT2D eigenvalue weighted by Crippen LogP contribution is 2.21. The van der Waals surface area contributed by atoms with Crippen LogP contribution in [0.4, 0.5) is 0 Å². The third-order valence-corrected chi connectivity index (χ3v) is 3.28. The van der Waals surface area contributed by atoms with Crippen molar-refractivity contribution in [2.75, 3.05) is 0 Å². The summed E-state index contributed by atoms with van der Waals surface area (Å²) in [6.07, 6.45) is 1.27. The molecule has 0 aliphatic rings. The fourth-order valence-corrected chi connectivity index (χ4v) is 2.29. The lowest BCUT2D eigenvalue weighted by molar-refractivity contribution is 0.0737. The molecule has 0 bridgehead atoms. The summed E-state index contributed by atoms with van der Waals surface area (Å²) in [6.45, 7) is 0. The Bertz CT molecular complexity index is 850. The van der Waals surface area contributed by atoms with Gasteiger partial charge in [0.1, 0.15) is 5.75 Å². The summed E-state index contributed by atoms with van der Waals surface area (Å²) in [4.78, 5) is 12.4. The largest absolute Gasteiger partial charge is 0.423 e. The van der Waals surface area contributed by atoms with Crippen LogP contribution in [0.2, 0.25) is 0 Å². The van der Waals surface area contributed by atoms with Crippen LogP contribution in [-0.4, -0.2) is 17.4 Å². The molecule has 22 heavy (non-hydrogen) atoms. The van der Waals surface area contributed by atoms with Crippen molar-refractivity contribution in [3.8, 4) is 5.75 Å². The van der Waals surface area contributed by atoms with Crippen LogP contribution in [0, 0.1) is 0 Å².